The van der Waals surface area contributed by atoms with Crippen molar-refractivity contribution < 1.29 is 19.2 Å². The van der Waals surface area contributed by atoms with Crippen LogP contribution in [0.15, 0.2) is 42.5 Å². The second-order valence-corrected chi connectivity index (χ2v) is 7.81. The highest BCUT2D eigenvalue weighted by Gasteiger charge is 2.21. The zero-order chi connectivity index (χ0) is 21.7. The molecule has 7 heteroatoms. The first-order chi connectivity index (χ1) is 14.4. The Balaban J connectivity index is 1.62. The van der Waals surface area contributed by atoms with Gasteiger partial charge in [-0.3, -0.25) is 14.9 Å². The number of carbonyl (C=O) groups is 2. The van der Waals surface area contributed by atoms with Crippen molar-refractivity contribution in [1.82, 2.24) is 0 Å². The van der Waals surface area contributed by atoms with E-state index in [1.54, 1.807) is 31.1 Å². The molecule has 3 rings (SSSR count). The molecule has 0 amide bonds. The second kappa shape index (κ2) is 9.52. The number of carbonyl (C=O) groups excluding carboxylic acids is 2. The van der Waals surface area contributed by atoms with E-state index in [1.165, 1.54) is 55.9 Å². The zero-order valence-electron chi connectivity index (χ0n) is 17.3. The number of nitrogens with zero attached hydrogens (tertiary/aromatic N) is 2. The van der Waals surface area contributed by atoms with E-state index in [4.69, 9.17) is 4.74 Å². The molecule has 0 atom stereocenters. The van der Waals surface area contributed by atoms with Gasteiger partial charge in [-0.05, 0) is 36.5 Å². The number of nitro groups is 1. The van der Waals surface area contributed by atoms with Crippen molar-refractivity contribution in [2.45, 2.75) is 38.0 Å². The van der Waals surface area contributed by atoms with Crippen molar-refractivity contribution in [2.24, 2.45) is 0 Å². The van der Waals surface area contributed by atoms with Crippen LogP contribution in [-0.4, -0.2) is 37.4 Å². The minimum absolute atomic E-state index is 0.0350. The van der Waals surface area contributed by atoms with Gasteiger partial charge in [0.25, 0.3) is 5.69 Å². The number of Topliss-reactive ketones (excluding diaryl/α,β-unsaturated/α-hetero) is 1. The maximum atomic E-state index is 12.4. The van der Waals surface area contributed by atoms with Gasteiger partial charge in [-0.2, -0.15) is 0 Å². The second-order valence-electron chi connectivity index (χ2n) is 7.81. The highest BCUT2D eigenvalue weighted by Crippen LogP contribution is 2.32. The molecule has 0 aliphatic heterocycles. The summed E-state index contributed by atoms with van der Waals surface area (Å²) in [6.45, 7) is -0.412. The Hall–Kier alpha value is -3.22. The average Bonchev–Trinajstić information content (AvgIpc) is 2.77. The third kappa shape index (κ3) is 5.03. The van der Waals surface area contributed by atoms with E-state index >= 15 is 0 Å². The molecule has 1 saturated carbocycles. The molecule has 0 bridgehead atoms. The molecule has 1 aliphatic carbocycles. The zero-order valence-corrected chi connectivity index (χ0v) is 17.3. The molecule has 7 nitrogen and oxygen atoms in total. The number of nitro benzene ring substituents is 1. The van der Waals surface area contributed by atoms with E-state index in [0.717, 1.165) is 0 Å². The minimum atomic E-state index is -0.768. The van der Waals surface area contributed by atoms with E-state index in [1.807, 2.05) is 12.1 Å². The van der Waals surface area contributed by atoms with Crippen LogP contribution >= 0.6 is 0 Å². The molecule has 0 unspecified atom stereocenters. The highest BCUT2D eigenvalue weighted by molar-refractivity contribution is 5.99. The van der Waals surface area contributed by atoms with E-state index in [-0.39, 0.29) is 17.0 Å². The van der Waals surface area contributed by atoms with Crippen LogP contribution in [0.3, 0.4) is 0 Å². The Morgan fingerprint density at radius 1 is 1.03 bits per heavy atom. The molecule has 0 N–H and O–H groups in total. The van der Waals surface area contributed by atoms with Crippen molar-refractivity contribution in [3.63, 3.8) is 0 Å². The lowest BCUT2D eigenvalue weighted by Crippen LogP contribution is -2.16. The van der Waals surface area contributed by atoms with Crippen LogP contribution in [0.25, 0.3) is 0 Å². The molecule has 0 radical (unpaired) electrons. The highest BCUT2D eigenvalue weighted by atomic mass is 16.6. The Morgan fingerprint density at radius 2 is 1.67 bits per heavy atom. The monoisotopic (exact) mass is 410 g/mol. The lowest BCUT2D eigenvalue weighted by atomic mass is 9.84. The average molecular weight is 410 g/mol. The van der Waals surface area contributed by atoms with Crippen molar-refractivity contribution in [1.29, 1.82) is 0 Å². The predicted octanol–water partition coefficient (Wildman–Crippen LogP) is 4.75. The minimum Gasteiger partial charge on any atom is -0.454 e. The van der Waals surface area contributed by atoms with Crippen molar-refractivity contribution in [3.8, 4) is 0 Å². The van der Waals surface area contributed by atoms with Crippen LogP contribution in [-0.2, 0) is 4.74 Å². The molecule has 0 spiro atoms. The van der Waals surface area contributed by atoms with Crippen molar-refractivity contribution in [2.75, 3.05) is 25.6 Å². The largest absolute Gasteiger partial charge is 0.454 e. The number of hydrogen-bond acceptors (Lipinski definition) is 6. The Morgan fingerprint density at radius 3 is 2.27 bits per heavy atom. The van der Waals surface area contributed by atoms with Crippen molar-refractivity contribution >= 4 is 23.1 Å². The van der Waals surface area contributed by atoms with Gasteiger partial charge in [0.05, 0.1) is 10.5 Å². The standard InChI is InChI=1S/C23H26N2O5/c1-24(2)20-13-12-19(14-21(20)25(28)29)23(27)30-15-22(26)18-10-8-17(9-11-18)16-6-4-3-5-7-16/h8-14,16H,3-7,15H2,1-2H3. The number of rotatable bonds is 7. The summed E-state index contributed by atoms with van der Waals surface area (Å²) in [6, 6.07) is 11.6. The molecule has 2 aromatic rings. The SMILES string of the molecule is CN(C)c1ccc(C(=O)OCC(=O)c2ccc(C3CCCCC3)cc2)cc1[N+](=O)[O-]. The Kier molecular flexibility index (Phi) is 6.82. The smallest absolute Gasteiger partial charge is 0.338 e. The fourth-order valence-electron chi connectivity index (χ4n) is 3.85. The van der Waals surface area contributed by atoms with Crippen LogP contribution in [0.5, 0.6) is 0 Å². The summed E-state index contributed by atoms with van der Waals surface area (Å²) in [5, 5.41) is 11.3. The Bertz CT molecular complexity index is 931. The van der Waals surface area contributed by atoms with Gasteiger partial charge < -0.3 is 9.64 Å². The number of ketones is 1. The summed E-state index contributed by atoms with van der Waals surface area (Å²) in [6.07, 6.45) is 6.15. The van der Waals surface area contributed by atoms with Crippen LogP contribution in [0.1, 0.15) is 64.3 Å². The maximum absolute atomic E-state index is 12.4. The number of hydrogen-bond donors (Lipinski definition) is 0. The van der Waals surface area contributed by atoms with Gasteiger partial charge in [-0.1, -0.05) is 43.5 Å². The topological polar surface area (TPSA) is 89.8 Å². The molecular weight excluding hydrogens is 384 g/mol. The molecular formula is C23H26N2O5. The maximum Gasteiger partial charge on any atom is 0.338 e. The van der Waals surface area contributed by atoms with Gasteiger partial charge in [0.1, 0.15) is 5.69 Å². The van der Waals surface area contributed by atoms with E-state index < -0.39 is 17.5 Å². The van der Waals surface area contributed by atoms with E-state index in [0.29, 0.717) is 17.2 Å². The molecule has 0 saturated heterocycles. The van der Waals surface area contributed by atoms with Crippen LogP contribution in [0.4, 0.5) is 11.4 Å². The molecule has 30 heavy (non-hydrogen) atoms. The third-order valence-corrected chi connectivity index (χ3v) is 5.53. The Labute approximate surface area is 175 Å². The third-order valence-electron chi connectivity index (χ3n) is 5.53. The summed E-state index contributed by atoms with van der Waals surface area (Å²) >= 11 is 0. The lowest BCUT2D eigenvalue weighted by Gasteiger charge is -2.22. The fourth-order valence-corrected chi connectivity index (χ4v) is 3.85. The van der Waals surface area contributed by atoms with Crippen molar-refractivity contribution in [3.05, 3.63) is 69.3 Å². The van der Waals surface area contributed by atoms with Crippen LogP contribution in [0.2, 0.25) is 0 Å². The van der Waals surface area contributed by atoms with Gasteiger partial charge in [-0.15, -0.1) is 0 Å². The van der Waals surface area contributed by atoms with E-state index in [2.05, 4.69) is 0 Å². The predicted molar refractivity (Wildman–Crippen MR) is 114 cm³/mol. The first-order valence-electron chi connectivity index (χ1n) is 10.1. The van der Waals surface area contributed by atoms with Crippen LogP contribution < -0.4 is 4.90 Å². The molecule has 2 aromatic carbocycles. The molecule has 158 valence electrons. The quantitative estimate of drug-likeness (QED) is 0.283. The number of benzene rings is 2. The number of esters is 1. The summed E-state index contributed by atoms with van der Waals surface area (Å²) in [4.78, 5) is 37.0. The normalized spacial score (nSPS) is 14.2. The van der Waals surface area contributed by atoms with Gasteiger partial charge in [0, 0.05) is 25.7 Å². The first-order valence-corrected chi connectivity index (χ1v) is 10.1. The molecule has 0 aromatic heterocycles. The molecule has 1 fully saturated rings. The number of ether oxygens (including phenoxy) is 1. The van der Waals surface area contributed by atoms with E-state index in [9.17, 15) is 19.7 Å². The summed E-state index contributed by atoms with van der Waals surface area (Å²) in [7, 11) is 3.36. The van der Waals surface area contributed by atoms with Gasteiger partial charge >= 0.3 is 5.97 Å². The van der Waals surface area contributed by atoms with Gasteiger partial charge in [-0.25, -0.2) is 4.79 Å². The van der Waals surface area contributed by atoms with Gasteiger partial charge in [0.15, 0.2) is 12.4 Å². The number of anilines is 1. The lowest BCUT2D eigenvalue weighted by molar-refractivity contribution is -0.384. The van der Waals surface area contributed by atoms with Gasteiger partial charge in [0.2, 0.25) is 0 Å². The summed E-state index contributed by atoms with van der Waals surface area (Å²) in [5.74, 6) is -0.518. The summed E-state index contributed by atoms with van der Waals surface area (Å²) < 4.78 is 5.10. The fraction of sp³-hybridized carbons (Fsp3) is 0.391. The first kappa shape index (κ1) is 21.5. The van der Waals surface area contributed by atoms with Crippen LogP contribution in [0, 0.1) is 10.1 Å². The summed E-state index contributed by atoms with van der Waals surface area (Å²) in [5.41, 5.74) is 1.95. The molecule has 0 heterocycles. The molecule has 1 aliphatic rings.